The van der Waals surface area contributed by atoms with E-state index in [1.54, 1.807) is 6.92 Å². The molecule has 0 aromatic heterocycles. The van der Waals surface area contributed by atoms with Gasteiger partial charge in [0.1, 0.15) is 6.61 Å². The van der Waals surface area contributed by atoms with Gasteiger partial charge in [-0.05, 0) is 48.0 Å². The molecule has 0 aromatic rings. The average molecular weight is 419 g/mol. The van der Waals surface area contributed by atoms with Crippen LogP contribution in [0.3, 0.4) is 0 Å². The van der Waals surface area contributed by atoms with Crippen molar-refractivity contribution < 1.29 is 33.2 Å². The van der Waals surface area contributed by atoms with Gasteiger partial charge in [-0.15, -0.1) is 0 Å². The normalized spacial score (nSPS) is 16.7. The van der Waals surface area contributed by atoms with E-state index in [4.69, 9.17) is 28.4 Å². The highest BCUT2D eigenvalue weighted by Crippen LogP contribution is 2.04. The zero-order valence-electron chi connectivity index (χ0n) is 19.4. The molecule has 0 bridgehead atoms. The average Bonchev–Trinajstić information content (AvgIpc) is 2.69. The van der Waals surface area contributed by atoms with Crippen LogP contribution in [0, 0.1) is 0 Å². The fourth-order valence-electron chi connectivity index (χ4n) is 2.07. The molecule has 0 saturated heterocycles. The van der Waals surface area contributed by atoms with Gasteiger partial charge < -0.3 is 28.4 Å². The van der Waals surface area contributed by atoms with Gasteiger partial charge >= 0.3 is 5.97 Å². The summed E-state index contributed by atoms with van der Waals surface area (Å²) in [5, 5.41) is 0. The van der Waals surface area contributed by atoms with E-state index in [1.165, 1.54) is 0 Å². The van der Waals surface area contributed by atoms with Crippen molar-refractivity contribution in [2.24, 2.45) is 0 Å². The number of ether oxygens (including phenoxy) is 6. The van der Waals surface area contributed by atoms with Crippen LogP contribution in [0.1, 0.15) is 54.9 Å². The molecule has 0 spiro atoms. The Morgan fingerprint density at radius 3 is 1.38 bits per heavy atom. The molecule has 5 atom stereocenters. The Morgan fingerprint density at radius 1 is 0.690 bits per heavy atom. The summed E-state index contributed by atoms with van der Waals surface area (Å²) in [4.78, 5) is 11.4. The number of esters is 1. The van der Waals surface area contributed by atoms with E-state index in [-0.39, 0.29) is 37.1 Å². The third-order valence-corrected chi connectivity index (χ3v) is 3.87. The standard InChI is InChI=1S/C22H42O7/c1-9-10-24-17(4)11-25-18(5)12-26-19(6)13-27-20(7)14-28-21(8)15-29-22(23)16(2)3/h17-21H,2,9-15H2,1,3-8H3. The summed E-state index contributed by atoms with van der Waals surface area (Å²) in [6.45, 7) is 19.9. The molecule has 5 unspecified atom stereocenters. The molecular weight excluding hydrogens is 376 g/mol. The molecule has 7 nitrogen and oxygen atoms in total. The van der Waals surface area contributed by atoms with E-state index in [2.05, 4.69) is 13.5 Å². The Hall–Kier alpha value is -0.990. The zero-order chi connectivity index (χ0) is 22.2. The minimum Gasteiger partial charge on any atom is -0.460 e. The van der Waals surface area contributed by atoms with Crippen molar-refractivity contribution in [1.82, 2.24) is 0 Å². The third kappa shape index (κ3) is 16.5. The highest BCUT2D eigenvalue weighted by atomic mass is 16.6. The molecule has 0 amide bonds. The summed E-state index contributed by atoms with van der Waals surface area (Å²) >= 11 is 0. The molecule has 0 saturated carbocycles. The summed E-state index contributed by atoms with van der Waals surface area (Å²) in [7, 11) is 0. The smallest absolute Gasteiger partial charge is 0.333 e. The molecule has 0 rings (SSSR count). The van der Waals surface area contributed by atoms with Gasteiger partial charge in [-0.2, -0.15) is 0 Å². The van der Waals surface area contributed by atoms with E-state index >= 15 is 0 Å². The van der Waals surface area contributed by atoms with Crippen molar-refractivity contribution in [2.45, 2.75) is 85.4 Å². The number of carbonyl (C=O) groups excluding carboxylic acids is 1. The van der Waals surface area contributed by atoms with Crippen LogP contribution >= 0.6 is 0 Å². The van der Waals surface area contributed by atoms with E-state index in [9.17, 15) is 4.79 Å². The second-order valence-electron chi connectivity index (χ2n) is 7.64. The van der Waals surface area contributed by atoms with Crippen molar-refractivity contribution in [3.05, 3.63) is 12.2 Å². The minimum atomic E-state index is -0.406. The summed E-state index contributed by atoms with van der Waals surface area (Å²) in [6.07, 6.45) is 0.738. The van der Waals surface area contributed by atoms with Gasteiger partial charge in [-0.25, -0.2) is 4.79 Å². The maximum absolute atomic E-state index is 11.4. The molecular formula is C22H42O7. The third-order valence-electron chi connectivity index (χ3n) is 3.87. The highest BCUT2D eigenvalue weighted by molar-refractivity contribution is 5.86. The van der Waals surface area contributed by atoms with Gasteiger partial charge in [-0.1, -0.05) is 13.5 Å². The molecule has 0 N–H and O–H groups in total. The second-order valence-corrected chi connectivity index (χ2v) is 7.64. The van der Waals surface area contributed by atoms with Crippen LogP contribution in [0.5, 0.6) is 0 Å². The first kappa shape index (κ1) is 28.0. The number of hydrogen-bond acceptors (Lipinski definition) is 7. The first-order valence-corrected chi connectivity index (χ1v) is 10.6. The molecule has 0 aliphatic carbocycles. The first-order valence-electron chi connectivity index (χ1n) is 10.6. The fraction of sp³-hybridized carbons (Fsp3) is 0.864. The summed E-state index contributed by atoms with van der Waals surface area (Å²) in [6, 6.07) is 0. The van der Waals surface area contributed by atoms with Crippen molar-refractivity contribution in [3.63, 3.8) is 0 Å². The van der Waals surface area contributed by atoms with Gasteiger partial charge in [0.15, 0.2) is 0 Å². The van der Waals surface area contributed by atoms with E-state index in [0.29, 0.717) is 32.0 Å². The predicted molar refractivity (Wildman–Crippen MR) is 113 cm³/mol. The minimum absolute atomic E-state index is 0.00588. The monoisotopic (exact) mass is 418 g/mol. The van der Waals surface area contributed by atoms with Crippen LogP contribution in [0.2, 0.25) is 0 Å². The topological polar surface area (TPSA) is 72.5 Å². The lowest BCUT2D eigenvalue weighted by molar-refractivity contribution is -0.144. The van der Waals surface area contributed by atoms with Crippen molar-refractivity contribution in [1.29, 1.82) is 0 Å². The molecule has 0 aliphatic heterocycles. The van der Waals surface area contributed by atoms with Crippen molar-refractivity contribution in [2.75, 3.05) is 39.6 Å². The van der Waals surface area contributed by atoms with Gasteiger partial charge in [0.2, 0.25) is 0 Å². The second kappa shape index (κ2) is 16.8. The number of rotatable bonds is 18. The Labute approximate surface area is 177 Å². The van der Waals surface area contributed by atoms with Crippen LogP contribution < -0.4 is 0 Å². The van der Waals surface area contributed by atoms with Crippen LogP contribution in [0.4, 0.5) is 0 Å². The molecule has 172 valence electrons. The quantitative estimate of drug-likeness (QED) is 0.249. The van der Waals surface area contributed by atoms with Gasteiger partial charge in [0.25, 0.3) is 0 Å². The van der Waals surface area contributed by atoms with Crippen LogP contribution in [-0.4, -0.2) is 76.1 Å². The summed E-state index contributed by atoms with van der Waals surface area (Å²) < 4.78 is 33.6. The molecule has 0 fully saturated rings. The largest absolute Gasteiger partial charge is 0.460 e. The molecule has 0 aliphatic rings. The summed E-state index contributed by atoms with van der Waals surface area (Å²) in [5.41, 5.74) is 0.377. The van der Waals surface area contributed by atoms with Crippen molar-refractivity contribution >= 4 is 5.97 Å². The lowest BCUT2D eigenvalue weighted by Crippen LogP contribution is -2.29. The van der Waals surface area contributed by atoms with Crippen LogP contribution in [0.25, 0.3) is 0 Å². The molecule has 29 heavy (non-hydrogen) atoms. The molecule has 0 radical (unpaired) electrons. The Bertz CT molecular complexity index is 441. The summed E-state index contributed by atoms with van der Waals surface area (Å²) in [5.74, 6) is -0.406. The van der Waals surface area contributed by atoms with Crippen LogP contribution in [0.15, 0.2) is 12.2 Å². The predicted octanol–water partition coefficient (Wildman–Crippen LogP) is 3.54. The highest BCUT2D eigenvalue weighted by Gasteiger charge is 2.13. The lowest BCUT2D eigenvalue weighted by atomic mass is 10.3. The van der Waals surface area contributed by atoms with E-state index in [1.807, 2.05) is 34.6 Å². The first-order chi connectivity index (χ1) is 13.6. The Balaban J connectivity index is 3.80. The van der Waals surface area contributed by atoms with E-state index < -0.39 is 5.97 Å². The van der Waals surface area contributed by atoms with Crippen LogP contribution in [-0.2, 0) is 33.2 Å². The molecule has 0 heterocycles. The number of hydrogen-bond donors (Lipinski definition) is 0. The van der Waals surface area contributed by atoms with Crippen molar-refractivity contribution in [3.8, 4) is 0 Å². The van der Waals surface area contributed by atoms with E-state index in [0.717, 1.165) is 13.0 Å². The number of carbonyl (C=O) groups is 1. The lowest BCUT2D eigenvalue weighted by Gasteiger charge is -2.22. The molecule has 7 heteroatoms. The Kier molecular flexibility index (Phi) is 16.2. The fourth-order valence-corrected chi connectivity index (χ4v) is 2.07. The Morgan fingerprint density at radius 2 is 1.03 bits per heavy atom. The van der Waals surface area contributed by atoms with Gasteiger partial charge in [0.05, 0.1) is 56.9 Å². The van der Waals surface area contributed by atoms with Gasteiger partial charge in [-0.3, -0.25) is 0 Å². The zero-order valence-corrected chi connectivity index (χ0v) is 19.4. The van der Waals surface area contributed by atoms with Gasteiger partial charge in [0, 0.05) is 12.2 Å². The molecule has 0 aromatic carbocycles. The maximum atomic E-state index is 11.4. The SMILES string of the molecule is C=C(C)C(=O)OCC(C)OCC(C)OCC(C)OCC(C)OCC(C)OCCC. The maximum Gasteiger partial charge on any atom is 0.333 e.